The second-order valence-corrected chi connectivity index (χ2v) is 4.71. The molecule has 1 amide bonds. The summed E-state index contributed by atoms with van der Waals surface area (Å²) in [5.41, 5.74) is 3.88. The molecule has 2 fully saturated rings. The minimum absolute atomic E-state index is 0.213. The van der Waals surface area contributed by atoms with Crippen molar-refractivity contribution in [2.75, 3.05) is 26.2 Å². The molecular weight excluding hydrogens is 228 g/mol. The van der Waals surface area contributed by atoms with Gasteiger partial charge in [0.25, 0.3) is 0 Å². The largest absolute Gasteiger partial charge is 0.445 e. The quantitative estimate of drug-likeness (QED) is 0.802. The summed E-state index contributed by atoms with van der Waals surface area (Å²) in [5, 5.41) is 3.21. The van der Waals surface area contributed by atoms with Gasteiger partial charge in [-0.1, -0.05) is 30.3 Å². The highest BCUT2D eigenvalue weighted by Gasteiger charge is 2.30. The van der Waals surface area contributed by atoms with Gasteiger partial charge in [0.1, 0.15) is 6.61 Å². The van der Waals surface area contributed by atoms with Crippen LogP contribution in [-0.2, 0) is 11.3 Å². The predicted molar refractivity (Wildman–Crippen MR) is 68.1 cm³/mol. The average Bonchev–Trinajstić information content (AvgIpc) is 2.29. The summed E-state index contributed by atoms with van der Waals surface area (Å²) >= 11 is 0. The summed E-state index contributed by atoms with van der Waals surface area (Å²) in [6, 6.07) is 9.75. The molecule has 0 atom stereocenters. The molecule has 0 unspecified atom stereocenters. The Hall–Kier alpha value is -1.81. The summed E-state index contributed by atoms with van der Waals surface area (Å²) in [6.45, 7) is 3.81. The molecule has 2 heterocycles. The lowest BCUT2D eigenvalue weighted by Gasteiger charge is -2.37. The van der Waals surface area contributed by atoms with Gasteiger partial charge in [0.15, 0.2) is 0 Å². The number of carbonyl (C=O) groups excluding carboxylic acids is 1. The highest BCUT2D eigenvalue weighted by molar-refractivity contribution is 5.70. The number of hydrogen-bond donors (Lipinski definition) is 1. The van der Waals surface area contributed by atoms with Gasteiger partial charge in [-0.2, -0.15) is 0 Å². The molecule has 0 radical (unpaired) electrons. The van der Waals surface area contributed by atoms with Crippen molar-refractivity contribution in [3.8, 4) is 0 Å². The topological polar surface area (TPSA) is 41.6 Å². The highest BCUT2D eigenvalue weighted by atomic mass is 16.6. The Balaban J connectivity index is 1.46. The fourth-order valence-electron chi connectivity index (χ4n) is 2.08. The van der Waals surface area contributed by atoms with Crippen LogP contribution in [0.25, 0.3) is 0 Å². The fourth-order valence-corrected chi connectivity index (χ4v) is 2.08. The number of nitrogens with one attached hydrogen (secondary N) is 1. The van der Waals surface area contributed by atoms with Crippen LogP contribution < -0.4 is 5.32 Å². The zero-order valence-corrected chi connectivity index (χ0v) is 10.2. The Morgan fingerprint density at radius 2 is 1.89 bits per heavy atom. The molecule has 3 rings (SSSR count). The summed E-state index contributed by atoms with van der Waals surface area (Å²) in [7, 11) is 0. The maximum atomic E-state index is 11.7. The molecule has 94 valence electrons. The van der Waals surface area contributed by atoms with Crippen LogP contribution in [0.5, 0.6) is 0 Å². The van der Waals surface area contributed by atoms with Crippen molar-refractivity contribution in [1.29, 1.82) is 0 Å². The molecular formula is C14H16N2O2. The molecule has 4 nitrogen and oxygen atoms in total. The molecule has 2 saturated heterocycles. The summed E-state index contributed by atoms with van der Waals surface area (Å²) in [6.07, 6.45) is -0.213. The van der Waals surface area contributed by atoms with Crippen molar-refractivity contribution in [3.63, 3.8) is 0 Å². The molecule has 0 aromatic heterocycles. The lowest BCUT2D eigenvalue weighted by atomic mass is 9.97. The van der Waals surface area contributed by atoms with Gasteiger partial charge in [-0.15, -0.1) is 0 Å². The Bertz CT molecular complexity index is 468. The van der Waals surface area contributed by atoms with E-state index in [0.29, 0.717) is 6.61 Å². The first-order valence-corrected chi connectivity index (χ1v) is 6.19. The van der Waals surface area contributed by atoms with Gasteiger partial charge >= 0.3 is 6.09 Å². The van der Waals surface area contributed by atoms with Gasteiger partial charge in [0.2, 0.25) is 0 Å². The standard InChI is InChI=1S/C14H16N2O2/c17-14(18-10-11-4-2-1-3-5-11)16-8-13(9-16)12-6-15-7-12/h1-5,15H,6-10H2. The Morgan fingerprint density at radius 1 is 1.17 bits per heavy atom. The molecule has 1 N–H and O–H groups in total. The van der Waals surface area contributed by atoms with Crippen LogP contribution in [0.2, 0.25) is 0 Å². The van der Waals surface area contributed by atoms with Crippen LogP contribution in [0.1, 0.15) is 5.56 Å². The molecule has 1 aromatic rings. The minimum Gasteiger partial charge on any atom is -0.445 e. The van der Waals surface area contributed by atoms with E-state index in [1.807, 2.05) is 30.3 Å². The molecule has 0 saturated carbocycles. The Labute approximate surface area is 106 Å². The van der Waals surface area contributed by atoms with Crippen LogP contribution in [0.4, 0.5) is 4.79 Å². The van der Waals surface area contributed by atoms with Crippen LogP contribution >= 0.6 is 0 Å². The molecule has 0 aliphatic carbocycles. The van der Waals surface area contributed by atoms with E-state index in [4.69, 9.17) is 4.74 Å². The molecule has 0 spiro atoms. The third kappa shape index (κ3) is 2.24. The van der Waals surface area contributed by atoms with Crippen molar-refractivity contribution in [2.45, 2.75) is 6.61 Å². The van der Waals surface area contributed by atoms with Gasteiger partial charge in [-0.05, 0) is 16.7 Å². The van der Waals surface area contributed by atoms with Gasteiger partial charge < -0.3 is 15.0 Å². The Kier molecular flexibility index (Phi) is 3.02. The van der Waals surface area contributed by atoms with Gasteiger partial charge in [0.05, 0.1) is 0 Å². The smallest absolute Gasteiger partial charge is 0.410 e. The average molecular weight is 244 g/mol. The van der Waals surface area contributed by atoms with Gasteiger partial charge in [-0.3, -0.25) is 0 Å². The third-order valence-corrected chi connectivity index (χ3v) is 3.40. The lowest BCUT2D eigenvalue weighted by molar-refractivity contribution is 0.0897. The molecule has 2 aliphatic rings. The number of carbonyl (C=O) groups is 1. The van der Waals surface area contributed by atoms with Crippen molar-refractivity contribution in [1.82, 2.24) is 10.2 Å². The fraction of sp³-hybridized carbons (Fsp3) is 0.357. The molecule has 18 heavy (non-hydrogen) atoms. The predicted octanol–water partition coefficient (Wildman–Crippen LogP) is 1.54. The summed E-state index contributed by atoms with van der Waals surface area (Å²) in [4.78, 5) is 13.5. The van der Waals surface area contributed by atoms with Crippen molar-refractivity contribution in [3.05, 3.63) is 47.0 Å². The number of likely N-dealkylation sites (tertiary alicyclic amines) is 1. The van der Waals surface area contributed by atoms with Gasteiger partial charge in [0, 0.05) is 26.2 Å². The lowest BCUT2D eigenvalue weighted by Crippen LogP contribution is -2.48. The van der Waals surface area contributed by atoms with E-state index in [1.165, 1.54) is 11.1 Å². The normalized spacial score (nSPS) is 18.1. The monoisotopic (exact) mass is 244 g/mol. The molecule has 4 heteroatoms. The van der Waals surface area contributed by atoms with E-state index in [2.05, 4.69) is 5.32 Å². The van der Waals surface area contributed by atoms with Crippen LogP contribution in [0.15, 0.2) is 41.5 Å². The number of nitrogens with zero attached hydrogens (tertiary/aromatic N) is 1. The SMILES string of the molecule is O=C(OCc1ccccc1)N1CC(=C2CNC2)C1. The van der Waals surface area contributed by atoms with E-state index in [-0.39, 0.29) is 6.09 Å². The highest BCUT2D eigenvalue weighted by Crippen LogP contribution is 2.21. The number of rotatable bonds is 2. The van der Waals surface area contributed by atoms with Crippen molar-refractivity contribution in [2.24, 2.45) is 0 Å². The third-order valence-electron chi connectivity index (χ3n) is 3.40. The first-order chi connectivity index (χ1) is 8.83. The van der Waals surface area contributed by atoms with Crippen molar-refractivity contribution < 1.29 is 9.53 Å². The summed E-state index contributed by atoms with van der Waals surface area (Å²) in [5.74, 6) is 0. The number of benzene rings is 1. The van der Waals surface area contributed by atoms with E-state index < -0.39 is 0 Å². The van der Waals surface area contributed by atoms with Crippen molar-refractivity contribution >= 4 is 6.09 Å². The summed E-state index contributed by atoms with van der Waals surface area (Å²) < 4.78 is 5.26. The Morgan fingerprint density at radius 3 is 2.50 bits per heavy atom. The van der Waals surface area contributed by atoms with Crippen LogP contribution in [0.3, 0.4) is 0 Å². The molecule has 0 bridgehead atoms. The first kappa shape index (κ1) is 11.3. The number of hydrogen-bond acceptors (Lipinski definition) is 3. The number of amides is 1. The maximum Gasteiger partial charge on any atom is 0.410 e. The zero-order chi connectivity index (χ0) is 12.4. The van der Waals surface area contributed by atoms with E-state index in [9.17, 15) is 4.79 Å². The van der Waals surface area contributed by atoms with Crippen LogP contribution in [0, 0.1) is 0 Å². The second-order valence-electron chi connectivity index (χ2n) is 4.71. The van der Waals surface area contributed by atoms with E-state index in [0.717, 1.165) is 31.7 Å². The first-order valence-electron chi connectivity index (χ1n) is 6.19. The zero-order valence-electron chi connectivity index (χ0n) is 10.2. The van der Waals surface area contributed by atoms with Gasteiger partial charge in [-0.25, -0.2) is 4.79 Å². The molecule has 1 aromatic carbocycles. The minimum atomic E-state index is -0.213. The van der Waals surface area contributed by atoms with E-state index >= 15 is 0 Å². The molecule has 2 aliphatic heterocycles. The van der Waals surface area contributed by atoms with E-state index in [1.54, 1.807) is 4.90 Å². The number of ether oxygens (including phenoxy) is 1. The second kappa shape index (κ2) is 4.82. The maximum absolute atomic E-state index is 11.7. The van der Waals surface area contributed by atoms with Crippen LogP contribution in [-0.4, -0.2) is 37.2 Å².